The summed E-state index contributed by atoms with van der Waals surface area (Å²) in [4.78, 5) is 13.5. The van der Waals surface area contributed by atoms with Crippen molar-refractivity contribution in [1.82, 2.24) is 10.2 Å². The van der Waals surface area contributed by atoms with Crippen molar-refractivity contribution in [3.05, 3.63) is 39.9 Å². The Balaban J connectivity index is 1.94. The molecular weight excluding hydrogens is 254 g/mol. The number of nitrogens with one attached hydrogen (secondary N) is 1. The molecular formula is C15H21N3O2. The maximum absolute atomic E-state index is 11.3. The van der Waals surface area contributed by atoms with Gasteiger partial charge in [-0.2, -0.15) is 0 Å². The van der Waals surface area contributed by atoms with E-state index in [1.807, 2.05) is 12.1 Å². The summed E-state index contributed by atoms with van der Waals surface area (Å²) in [5, 5.41) is 14.7. The average Bonchev–Trinajstić information content (AvgIpc) is 2.43. The summed E-state index contributed by atoms with van der Waals surface area (Å²) >= 11 is 0. The third kappa shape index (κ3) is 2.55. The Morgan fingerprint density at radius 1 is 1.25 bits per heavy atom. The zero-order chi connectivity index (χ0) is 13.9. The largest absolute Gasteiger partial charge is 0.314 e. The van der Waals surface area contributed by atoms with Crippen LogP contribution >= 0.6 is 0 Å². The minimum absolute atomic E-state index is 0.215. The van der Waals surface area contributed by atoms with Crippen molar-refractivity contribution < 1.29 is 4.92 Å². The van der Waals surface area contributed by atoms with E-state index in [0.29, 0.717) is 5.92 Å². The molecule has 3 rings (SSSR count). The lowest BCUT2D eigenvalue weighted by molar-refractivity contribution is -0.386. The van der Waals surface area contributed by atoms with Crippen molar-refractivity contribution in [2.24, 2.45) is 5.92 Å². The number of para-hydroxylation sites is 1. The van der Waals surface area contributed by atoms with Gasteiger partial charge in [0.25, 0.3) is 5.69 Å². The van der Waals surface area contributed by atoms with Gasteiger partial charge in [-0.3, -0.25) is 15.0 Å². The van der Waals surface area contributed by atoms with Crippen LogP contribution in [-0.4, -0.2) is 36.0 Å². The van der Waals surface area contributed by atoms with Crippen LogP contribution in [0, 0.1) is 16.0 Å². The summed E-state index contributed by atoms with van der Waals surface area (Å²) in [6, 6.07) is 7.49. The summed E-state index contributed by atoms with van der Waals surface area (Å²) in [5.41, 5.74) is 1.19. The molecule has 108 valence electrons. The molecule has 1 atom stereocenters. The first-order valence-corrected chi connectivity index (χ1v) is 7.45. The first-order chi connectivity index (χ1) is 9.77. The third-order valence-corrected chi connectivity index (χ3v) is 4.59. The molecule has 1 aromatic rings. The van der Waals surface area contributed by atoms with Crippen LogP contribution in [0.15, 0.2) is 24.3 Å². The fourth-order valence-electron chi connectivity index (χ4n) is 3.37. The molecule has 0 amide bonds. The van der Waals surface area contributed by atoms with Crippen LogP contribution in [0.25, 0.3) is 0 Å². The Morgan fingerprint density at radius 2 is 1.95 bits per heavy atom. The Hall–Kier alpha value is -1.46. The van der Waals surface area contributed by atoms with Gasteiger partial charge in [-0.25, -0.2) is 0 Å². The minimum Gasteiger partial charge on any atom is -0.314 e. The highest BCUT2D eigenvalue weighted by Crippen LogP contribution is 2.43. The van der Waals surface area contributed by atoms with Gasteiger partial charge in [0.2, 0.25) is 0 Å². The predicted molar refractivity (Wildman–Crippen MR) is 77.6 cm³/mol. The van der Waals surface area contributed by atoms with Crippen molar-refractivity contribution in [2.75, 3.05) is 26.2 Å². The van der Waals surface area contributed by atoms with Gasteiger partial charge in [-0.05, 0) is 18.8 Å². The molecule has 5 heteroatoms. The van der Waals surface area contributed by atoms with Crippen molar-refractivity contribution in [1.29, 1.82) is 0 Å². The monoisotopic (exact) mass is 275 g/mol. The molecule has 0 unspecified atom stereocenters. The Labute approximate surface area is 119 Å². The van der Waals surface area contributed by atoms with Gasteiger partial charge in [0.1, 0.15) is 0 Å². The van der Waals surface area contributed by atoms with E-state index in [2.05, 4.69) is 10.2 Å². The number of hydrogen-bond acceptors (Lipinski definition) is 4. The SMILES string of the molecule is O=[N+]([O-])c1ccccc1[C@@H](C1CCC1)N1CCNCC1. The van der Waals surface area contributed by atoms with E-state index in [1.165, 1.54) is 19.3 Å². The Morgan fingerprint density at radius 3 is 2.55 bits per heavy atom. The average molecular weight is 275 g/mol. The molecule has 1 aliphatic heterocycles. The lowest BCUT2D eigenvalue weighted by atomic mass is 9.76. The van der Waals surface area contributed by atoms with Crippen molar-refractivity contribution in [2.45, 2.75) is 25.3 Å². The predicted octanol–water partition coefficient (Wildman–Crippen LogP) is 2.34. The molecule has 1 aliphatic carbocycles. The lowest BCUT2D eigenvalue weighted by Gasteiger charge is -2.43. The molecule has 0 bridgehead atoms. The summed E-state index contributed by atoms with van der Waals surface area (Å²) < 4.78 is 0. The number of nitro benzene ring substituents is 1. The first-order valence-electron chi connectivity index (χ1n) is 7.45. The molecule has 1 aromatic carbocycles. The second-order valence-electron chi connectivity index (χ2n) is 5.74. The number of nitrogens with zero attached hydrogens (tertiary/aromatic N) is 2. The number of piperazine rings is 1. The number of hydrogen-bond donors (Lipinski definition) is 1. The van der Waals surface area contributed by atoms with Gasteiger partial charge in [0, 0.05) is 43.9 Å². The van der Waals surface area contributed by atoms with Crippen molar-refractivity contribution >= 4 is 5.69 Å². The molecule has 1 saturated heterocycles. The van der Waals surface area contributed by atoms with Gasteiger partial charge in [0.15, 0.2) is 0 Å². The third-order valence-electron chi connectivity index (χ3n) is 4.59. The summed E-state index contributed by atoms with van der Waals surface area (Å²) in [6.07, 6.45) is 3.65. The van der Waals surface area contributed by atoms with Crippen LogP contribution in [0.1, 0.15) is 30.9 Å². The molecule has 1 N–H and O–H groups in total. The molecule has 0 radical (unpaired) electrons. The van der Waals surface area contributed by atoms with Crippen LogP contribution in [0.3, 0.4) is 0 Å². The summed E-state index contributed by atoms with van der Waals surface area (Å²) in [6.45, 7) is 3.91. The summed E-state index contributed by atoms with van der Waals surface area (Å²) in [5.74, 6) is 0.578. The van der Waals surface area contributed by atoms with Gasteiger partial charge in [-0.1, -0.05) is 24.6 Å². The van der Waals surface area contributed by atoms with Crippen molar-refractivity contribution in [3.63, 3.8) is 0 Å². The Bertz CT molecular complexity index is 482. The highest BCUT2D eigenvalue weighted by molar-refractivity contribution is 5.42. The van der Waals surface area contributed by atoms with E-state index in [-0.39, 0.29) is 16.7 Å². The lowest BCUT2D eigenvalue weighted by Crippen LogP contribution is -2.48. The maximum Gasteiger partial charge on any atom is 0.274 e. The zero-order valence-corrected chi connectivity index (χ0v) is 11.6. The van der Waals surface area contributed by atoms with E-state index >= 15 is 0 Å². The van der Waals surface area contributed by atoms with Crippen molar-refractivity contribution in [3.8, 4) is 0 Å². The molecule has 1 heterocycles. The summed E-state index contributed by atoms with van der Waals surface area (Å²) in [7, 11) is 0. The quantitative estimate of drug-likeness (QED) is 0.677. The molecule has 2 aliphatic rings. The van der Waals surface area contributed by atoms with Crippen LogP contribution in [-0.2, 0) is 0 Å². The highest BCUT2D eigenvalue weighted by Gasteiger charge is 2.36. The number of benzene rings is 1. The maximum atomic E-state index is 11.3. The van der Waals surface area contributed by atoms with E-state index < -0.39 is 0 Å². The van der Waals surface area contributed by atoms with E-state index in [0.717, 1.165) is 31.7 Å². The topological polar surface area (TPSA) is 58.4 Å². The second-order valence-corrected chi connectivity index (χ2v) is 5.74. The fraction of sp³-hybridized carbons (Fsp3) is 0.600. The zero-order valence-electron chi connectivity index (χ0n) is 11.6. The van der Waals surface area contributed by atoms with Gasteiger partial charge >= 0.3 is 0 Å². The van der Waals surface area contributed by atoms with Gasteiger partial charge in [0.05, 0.1) is 4.92 Å². The standard InChI is InChI=1S/C15H21N3O2/c19-18(20)14-7-2-1-6-13(14)15(12-4-3-5-12)17-10-8-16-9-11-17/h1-2,6-7,12,15-16H,3-5,8-11H2/t15-/m1/s1. The van der Waals surface area contributed by atoms with Gasteiger partial charge in [-0.15, -0.1) is 0 Å². The van der Waals surface area contributed by atoms with Crippen LogP contribution in [0.5, 0.6) is 0 Å². The number of rotatable bonds is 4. The minimum atomic E-state index is -0.233. The van der Waals surface area contributed by atoms with E-state index in [9.17, 15) is 10.1 Å². The second kappa shape index (κ2) is 5.89. The van der Waals surface area contributed by atoms with Crippen LogP contribution < -0.4 is 5.32 Å². The van der Waals surface area contributed by atoms with E-state index in [1.54, 1.807) is 12.1 Å². The molecule has 0 aromatic heterocycles. The van der Waals surface area contributed by atoms with E-state index in [4.69, 9.17) is 0 Å². The van der Waals surface area contributed by atoms with Gasteiger partial charge < -0.3 is 5.32 Å². The Kier molecular flexibility index (Phi) is 3.98. The molecule has 5 nitrogen and oxygen atoms in total. The molecule has 0 spiro atoms. The highest BCUT2D eigenvalue weighted by atomic mass is 16.6. The molecule has 2 fully saturated rings. The normalized spacial score (nSPS) is 22.2. The molecule has 20 heavy (non-hydrogen) atoms. The fourth-order valence-corrected chi connectivity index (χ4v) is 3.37. The van der Waals surface area contributed by atoms with Crippen LogP contribution in [0.4, 0.5) is 5.69 Å². The smallest absolute Gasteiger partial charge is 0.274 e. The first kappa shape index (κ1) is 13.5. The molecule has 1 saturated carbocycles. The number of nitro groups is 1. The van der Waals surface area contributed by atoms with Crippen LogP contribution in [0.2, 0.25) is 0 Å².